The molecular weight excluding hydrogens is 264 g/mol. The number of carbonyl (C=O) groups is 1. The van der Waals surface area contributed by atoms with Crippen LogP contribution in [0.25, 0.3) is 10.9 Å². The van der Waals surface area contributed by atoms with Crippen molar-refractivity contribution in [1.29, 1.82) is 5.26 Å². The second kappa shape index (κ2) is 5.80. The maximum absolute atomic E-state index is 11.6. The summed E-state index contributed by atoms with van der Waals surface area (Å²) in [6.45, 7) is 0.471. The summed E-state index contributed by atoms with van der Waals surface area (Å²) in [5.41, 5.74) is 1.33. The van der Waals surface area contributed by atoms with Crippen LogP contribution < -0.4 is 10.6 Å². The molecule has 2 N–H and O–H groups in total. The number of aromatic nitrogens is 1. The van der Waals surface area contributed by atoms with Crippen LogP contribution in [0.5, 0.6) is 0 Å². The smallest absolute Gasteiger partial charge is 0.221 e. The lowest BCUT2D eigenvalue weighted by Crippen LogP contribution is -2.27. The van der Waals surface area contributed by atoms with Crippen molar-refractivity contribution in [1.82, 2.24) is 10.3 Å². The maximum Gasteiger partial charge on any atom is 0.221 e. The third kappa shape index (κ3) is 3.29. The fourth-order valence-corrected chi connectivity index (χ4v) is 2.16. The van der Waals surface area contributed by atoms with Crippen LogP contribution in [0.3, 0.4) is 0 Å². The largest absolute Gasteiger partial charge is 0.368 e. The van der Waals surface area contributed by atoms with Gasteiger partial charge in [-0.05, 0) is 25.0 Å². The summed E-state index contributed by atoms with van der Waals surface area (Å²) < 4.78 is 0. The van der Waals surface area contributed by atoms with E-state index in [9.17, 15) is 10.1 Å². The number of pyridine rings is 1. The predicted molar refractivity (Wildman–Crippen MR) is 80.7 cm³/mol. The highest BCUT2D eigenvalue weighted by atomic mass is 16.1. The first-order valence-electron chi connectivity index (χ1n) is 7.09. The van der Waals surface area contributed by atoms with Gasteiger partial charge in [0.15, 0.2) is 0 Å². The molecule has 1 heterocycles. The molecule has 106 valence electrons. The van der Waals surface area contributed by atoms with Gasteiger partial charge in [-0.3, -0.25) is 4.79 Å². The van der Waals surface area contributed by atoms with Crippen LogP contribution in [-0.2, 0) is 4.79 Å². The number of benzene rings is 1. The highest BCUT2D eigenvalue weighted by Crippen LogP contribution is 2.20. The Balaban J connectivity index is 1.67. The van der Waals surface area contributed by atoms with E-state index in [4.69, 9.17) is 0 Å². The van der Waals surface area contributed by atoms with Crippen LogP contribution in [-0.4, -0.2) is 23.5 Å². The molecular formula is C16H16N4O. The lowest BCUT2D eigenvalue weighted by atomic mass is 10.1. The van der Waals surface area contributed by atoms with Gasteiger partial charge >= 0.3 is 0 Å². The number of nitriles is 1. The highest BCUT2D eigenvalue weighted by molar-refractivity contribution is 5.83. The minimum Gasteiger partial charge on any atom is -0.368 e. The van der Waals surface area contributed by atoms with Crippen LogP contribution in [0.2, 0.25) is 0 Å². The van der Waals surface area contributed by atoms with Crippen molar-refractivity contribution in [3.8, 4) is 6.07 Å². The monoisotopic (exact) mass is 280 g/mol. The number of anilines is 1. The minimum absolute atomic E-state index is 0.0456. The molecule has 1 saturated carbocycles. The van der Waals surface area contributed by atoms with Crippen molar-refractivity contribution in [3.63, 3.8) is 0 Å². The molecule has 0 unspecified atom stereocenters. The van der Waals surface area contributed by atoms with Crippen molar-refractivity contribution in [2.24, 2.45) is 0 Å². The summed E-state index contributed by atoms with van der Waals surface area (Å²) in [6.07, 6.45) is 2.56. The van der Waals surface area contributed by atoms with Crippen molar-refractivity contribution in [2.45, 2.75) is 25.3 Å². The average Bonchev–Trinajstić information content (AvgIpc) is 3.30. The second-order valence-corrected chi connectivity index (χ2v) is 5.21. The van der Waals surface area contributed by atoms with E-state index < -0.39 is 0 Å². The Kier molecular flexibility index (Phi) is 3.69. The van der Waals surface area contributed by atoms with Crippen molar-refractivity contribution in [2.75, 3.05) is 11.9 Å². The third-order valence-corrected chi connectivity index (χ3v) is 3.43. The number of amides is 1. The first-order chi connectivity index (χ1) is 10.3. The zero-order valence-corrected chi connectivity index (χ0v) is 11.6. The quantitative estimate of drug-likeness (QED) is 0.880. The number of fused-ring (bicyclic) bond motifs is 1. The molecule has 1 aliphatic carbocycles. The Morgan fingerprint density at radius 3 is 2.95 bits per heavy atom. The van der Waals surface area contributed by atoms with E-state index in [2.05, 4.69) is 21.7 Å². The molecule has 1 aromatic carbocycles. The summed E-state index contributed by atoms with van der Waals surface area (Å²) in [7, 11) is 0. The van der Waals surface area contributed by atoms with Crippen LogP contribution in [0.15, 0.2) is 30.3 Å². The van der Waals surface area contributed by atoms with Gasteiger partial charge in [0.05, 0.1) is 11.1 Å². The molecule has 1 aromatic heterocycles. The molecule has 1 fully saturated rings. The van der Waals surface area contributed by atoms with E-state index in [1.807, 2.05) is 30.3 Å². The van der Waals surface area contributed by atoms with Gasteiger partial charge in [0, 0.05) is 24.4 Å². The molecule has 1 aliphatic rings. The molecule has 0 atom stereocenters. The number of nitrogens with one attached hydrogen (secondary N) is 2. The Morgan fingerprint density at radius 1 is 1.38 bits per heavy atom. The minimum atomic E-state index is 0.0456. The standard InChI is InChI=1S/C16H16N4O/c17-10-12-9-11-3-1-2-4-14(11)20-16(12)18-8-7-15(21)19-13-5-6-13/h1-4,9,13H,5-8H2,(H,18,20)(H,19,21). The van der Waals surface area contributed by atoms with E-state index in [0.29, 0.717) is 30.4 Å². The van der Waals surface area contributed by atoms with Gasteiger partial charge in [0.2, 0.25) is 5.91 Å². The molecule has 5 heteroatoms. The van der Waals surface area contributed by atoms with Crippen LogP contribution in [0, 0.1) is 11.3 Å². The predicted octanol–water partition coefficient (Wildman–Crippen LogP) is 2.19. The average molecular weight is 280 g/mol. The maximum atomic E-state index is 11.6. The van der Waals surface area contributed by atoms with Gasteiger partial charge in [-0.1, -0.05) is 18.2 Å². The van der Waals surface area contributed by atoms with Gasteiger partial charge in [-0.15, -0.1) is 0 Å². The summed E-state index contributed by atoms with van der Waals surface area (Å²) in [5.74, 6) is 0.583. The molecule has 21 heavy (non-hydrogen) atoms. The topological polar surface area (TPSA) is 77.8 Å². The summed E-state index contributed by atoms with van der Waals surface area (Å²) in [4.78, 5) is 16.1. The van der Waals surface area contributed by atoms with Crippen LogP contribution in [0.4, 0.5) is 5.82 Å². The van der Waals surface area contributed by atoms with Crippen molar-refractivity contribution >= 4 is 22.6 Å². The van der Waals surface area contributed by atoms with Gasteiger partial charge in [-0.25, -0.2) is 4.98 Å². The second-order valence-electron chi connectivity index (χ2n) is 5.21. The van der Waals surface area contributed by atoms with Crippen molar-refractivity contribution in [3.05, 3.63) is 35.9 Å². The Bertz CT molecular complexity index is 716. The highest BCUT2D eigenvalue weighted by Gasteiger charge is 2.22. The zero-order chi connectivity index (χ0) is 14.7. The SMILES string of the molecule is N#Cc1cc2ccccc2nc1NCCC(=O)NC1CC1. The molecule has 0 aliphatic heterocycles. The molecule has 3 rings (SSSR count). The summed E-state index contributed by atoms with van der Waals surface area (Å²) in [6, 6.07) is 12.0. The van der Waals surface area contributed by atoms with E-state index >= 15 is 0 Å². The molecule has 0 radical (unpaired) electrons. The fraction of sp³-hybridized carbons (Fsp3) is 0.312. The fourth-order valence-electron chi connectivity index (χ4n) is 2.16. The number of hydrogen-bond acceptors (Lipinski definition) is 4. The lowest BCUT2D eigenvalue weighted by Gasteiger charge is -2.09. The van der Waals surface area contributed by atoms with E-state index in [1.54, 1.807) is 0 Å². The molecule has 0 spiro atoms. The normalized spacial score (nSPS) is 13.7. The lowest BCUT2D eigenvalue weighted by molar-refractivity contribution is -0.120. The van der Waals surface area contributed by atoms with E-state index in [-0.39, 0.29) is 5.91 Å². The number of rotatable bonds is 5. The first kappa shape index (κ1) is 13.4. The first-order valence-corrected chi connectivity index (χ1v) is 7.09. The van der Waals surface area contributed by atoms with Gasteiger partial charge in [0.25, 0.3) is 0 Å². The third-order valence-electron chi connectivity index (χ3n) is 3.43. The zero-order valence-electron chi connectivity index (χ0n) is 11.6. The molecule has 0 saturated heterocycles. The molecule has 1 amide bonds. The van der Waals surface area contributed by atoms with E-state index in [0.717, 1.165) is 23.7 Å². The Labute approximate surface area is 123 Å². The molecule has 0 bridgehead atoms. The van der Waals surface area contributed by atoms with Crippen molar-refractivity contribution < 1.29 is 4.79 Å². The number of hydrogen-bond donors (Lipinski definition) is 2. The van der Waals surface area contributed by atoms with Gasteiger partial charge in [-0.2, -0.15) is 5.26 Å². The van der Waals surface area contributed by atoms with E-state index in [1.165, 1.54) is 0 Å². The number of carbonyl (C=O) groups excluding carboxylic acids is 1. The van der Waals surface area contributed by atoms with Gasteiger partial charge < -0.3 is 10.6 Å². The van der Waals surface area contributed by atoms with Gasteiger partial charge in [0.1, 0.15) is 11.9 Å². The number of nitrogens with zero attached hydrogens (tertiary/aromatic N) is 2. The summed E-state index contributed by atoms with van der Waals surface area (Å²) >= 11 is 0. The Hall–Kier alpha value is -2.61. The summed E-state index contributed by atoms with van der Waals surface area (Å²) in [5, 5.41) is 16.2. The molecule has 2 aromatic rings. The molecule has 5 nitrogen and oxygen atoms in total. The number of para-hydroxylation sites is 1. The Morgan fingerprint density at radius 2 is 2.19 bits per heavy atom. The van der Waals surface area contributed by atoms with Crippen LogP contribution in [0.1, 0.15) is 24.8 Å². The van der Waals surface area contributed by atoms with Crippen LogP contribution >= 0.6 is 0 Å².